The van der Waals surface area contributed by atoms with Crippen LogP contribution in [0.15, 0.2) is 28.8 Å². The number of nitrogens with zero attached hydrogens (tertiary/aromatic N) is 2. The van der Waals surface area contributed by atoms with Crippen LogP contribution in [0.5, 0.6) is 0 Å². The Morgan fingerprint density at radius 1 is 1.09 bits per heavy atom. The van der Waals surface area contributed by atoms with Crippen molar-refractivity contribution in [3.8, 4) is 0 Å². The molecule has 1 fully saturated rings. The van der Waals surface area contributed by atoms with Gasteiger partial charge in [-0.1, -0.05) is 11.2 Å². The summed E-state index contributed by atoms with van der Waals surface area (Å²) in [6.07, 6.45) is 1.80. The minimum Gasteiger partial charge on any atom is -0.376 e. The fraction of sp³-hybridized carbons (Fsp3) is 0.478. The van der Waals surface area contributed by atoms with Crippen LogP contribution in [0.2, 0.25) is 0 Å². The fourth-order valence-electron chi connectivity index (χ4n) is 3.41. The lowest BCUT2D eigenvalue weighted by Gasteiger charge is -2.20. The van der Waals surface area contributed by atoms with Crippen LogP contribution >= 0.6 is 0 Å². The molecule has 1 atom stereocenters. The number of amides is 3. The summed E-state index contributed by atoms with van der Waals surface area (Å²) < 4.78 is 10.6. The molecule has 2 heterocycles. The molecule has 0 radical (unpaired) electrons. The van der Waals surface area contributed by atoms with Crippen LogP contribution in [0.1, 0.15) is 42.6 Å². The maximum Gasteiger partial charge on any atom is 0.240 e. The lowest BCUT2D eigenvalue weighted by Crippen LogP contribution is -2.43. The van der Waals surface area contributed by atoms with Gasteiger partial charge in [0.1, 0.15) is 12.3 Å². The standard InChI is InChI=1S/C23H30N4O5/c1-15-6-7-18(11-16(15)2)25-21(28)8-9-23(30)27(20-12-17(3)32-26-20)14-22(29)24-13-19-5-4-10-31-19/h6-7,11-12,19H,4-5,8-10,13-14H2,1-3H3,(H,24,29)(H,25,28)/t19-/m1/s1. The van der Waals surface area contributed by atoms with E-state index < -0.39 is 0 Å². The van der Waals surface area contributed by atoms with E-state index in [1.54, 1.807) is 13.0 Å². The third-order valence-electron chi connectivity index (χ3n) is 5.40. The molecule has 172 valence electrons. The van der Waals surface area contributed by atoms with Crippen molar-refractivity contribution in [1.82, 2.24) is 10.5 Å². The molecule has 32 heavy (non-hydrogen) atoms. The van der Waals surface area contributed by atoms with Gasteiger partial charge in [0.2, 0.25) is 17.7 Å². The topological polar surface area (TPSA) is 114 Å². The van der Waals surface area contributed by atoms with Gasteiger partial charge in [0.15, 0.2) is 5.82 Å². The molecule has 0 spiro atoms. The molecule has 0 unspecified atom stereocenters. The third-order valence-corrected chi connectivity index (χ3v) is 5.40. The number of aryl methyl sites for hydroxylation is 3. The molecule has 1 saturated heterocycles. The van der Waals surface area contributed by atoms with Gasteiger partial charge in [-0.2, -0.15) is 0 Å². The van der Waals surface area contributed by atoms with E-state index in [4.69, 9.17) is 9.26 Å². The SMILES string of the molecule is Cc1cc(N(CC(=O)NC[C@H]2CCCO2)C(=O)CCC(=O)Nc2ccc(C)c(C)c2)no1. The molecule has 0 aliphatic carbocycles. The zero-order chi connectivity index (χ0) is 23.1. The van der Waals surface area contributed by atoms with E-state index in [-0.39, 0.29) is 49.0 Å². The van der Waals surface area contributed by atoms with Crippen molar-refractivity contribution in [1.29, 1.82) is 0 Å². The highest BCUT2D eigenvalue weighted by Crippen LogP contribution is 2.17. The molecule has 2 aromatic rings. The number of aromatic nitrogens is 1. The first-order valence-electron chi connectivity index (χ1n) is 10.8. The Kier molecular flexibility index (Phi) is 7.99. The van der Waals surface area contributed by atoms with Gasteiger partial charge in [-0.25, -0.2) is 0 Å². The van der Waals surface area contributed by atoms with Crippen molar-refractivity contribution >= 4 is 29.2 Å². The molecule has 1 aliphatic heterocycles. The molecule has 3 rings (SSSR count). The molecule has 0 saturated carbocycles. The molecule has 1 aliphatic rings. The Morgan fingerprint density at radius 2 is 1.91 bits per heavy atom. The number of carbonyl (C=O) groups is 3. The summed E-state index contributed by atoms with van der Waals surface area (Å²) >= 11 is 0. The average molecular weight is 443 g/mol. The second-order valence-electron chi connectivity index (χ2n) is 8.06. The Balaban J connectivity index is 1.56. The van der Waals surface area contributed by atoms with E-state index >= 15 is 0 Å². The molecular weight excluding hydrogens is 412 g/mol. The summed E-state index contributed by atoms with van der Waals surface area (Å²) in [5, 5.41) is 9.47. The van der Waals surface area contributed by atoms with Crippen molar-refractivity contribution in [2.45, 2.75) is 52.6 Å². The quantitative estimate of drug-likeness (QED) is 0.617. The first kappa shape index (κ1) is 23.5. The summed E-state index contributed by atoms with van der Waals surface area (Å²) in [7, 11) is 0. The van der Waals surface area contributed by atoms with Crippen LogP contribution in [-0.2, 0) is 19.1 Å². The third kappa shape index (κ3) is 6.65. The van der Waals surface area contributed by atoms with E-state index in [1.807, 2.05) is 32.0 Å². The monoisotopic (exact) mass is 442 g/mol. The van der Waals surface area contributed by atoms with Crippen LogP contribution < -0.4 is 15.5 Å². The number of anilines is 2. The van der Waals surface area contributed by atoms with Crippen LogP contribution in [0.25, 0.3) is 0 Å². The van der Waals surface area contributed by atoms with E-state index in [0.717, 1.165) is 24.0 Å². The van der Waals surface area contributed by atoms with Gasteiger partial charge >= 0.3 is 0 Å². The predicted molar refractivity (Wildman–Crippen MR) is 119 cm³/mol. The van der Waals surface area contributed by atoms with Crippen LogP contribution in [-0.4, -0.2) is 48.7 Å². The second-order valence-corrected chi connectivity index (χ2v) is 8.06. The van der Waals surface area contributed by atoms with E-state index in [9.17, 15) is 14.4 Å². The highest BCUT2D eigenvalue weighted by Gasteiger charge is 2.24. The first-order chi connectivity index (χ1) is 15.3. The van der Waals surface area contributed by atoms with Crippen molar-refractivity contribution in [3.63, 3.8) is 0 Å². The number of nitrogens with one attached hydrogen (secondary N) is 2. The molecule has 3 amide bonds. The maximum atomic E-state index is 12.9. The highest BCUT2D eigenvalue weighted by molar-refractivity contribution is 6.00. The Hall–Kier alpha value is -3.20. The smallest absolute Gasteiger partial charge is 0.240 e. The van der Waals surface area contributed by atoms with E-state index in [1.165, 1.54) is 4.90 Å². The minimum atomic E-state index is -0.388. The van der Waals surface area contributed by atoms with E-state index in [0.29, 0.717) is 24.6 Å². The lowest BCUT2D eigenvalue weighted by molar-refractivity contribution is -0.125. The summed E-state index contributed by atoms with van der Waals surface area (Å²) in [6.45, 7) is 6.56. The number of carbonyl (C=O) groups excluding carboxylic acids is 3. The summed E-state index contributed by atoms with van der Waals surface area (Å²) in [5.41, 5.74) is 2.89. The highest BCUT2D eigenvalue weighted by atomic mass is 16.5. The number of hydrogen-bond donors (Lipinski definition) is 2. The summed E-state index contributed by atoms with van der Waals surface area (Å²) in [6, 6.07) is 7.23. The molecule has 1 aromatic carbocycles. The van der Waals surface area contributed by atoms with Gasteiger partial charge in [0, 0.05) is 37.7 Å². The Labute approximate surface area is 187 Å². The normalized spacial score (nSPS) is 15.4. The molecule has 9 nitrogen and oxygen atoms in total. The molecule has 1 aromatic heterocycles. The zero-order valence-corrected chi connectivity index (χ0v) is 18.8. The van der Waals surface area contributed by atoms with Gasteiger partial charge in [-0.15, -0.1) is 0 Å². The Bertz CT molecular complexity index is 965. The predicted octanol–water partition coefficient (Wildman–Crippen LogP) is 2.65. The number of benzene rings is 1. The van der Waals surface area contributed by atoms with Crippen LogP contribution in [0.4, 0.5) is 11.5 Å². The van der Waals surface area contributed by atoms with Gasteiger partial charge in [-0.3, -0.25) is 19.3 Å². The first-order valence-corrected chi connectivity index (χ1v) is 10.8. The molecular formula is C23H30N4O5. The zero-order valence-electron chi connectivity index (χ0n) is 18.8. The van der Waals surface area contributed by atoms with Crippen molar-refractivity contribution in [2.75, 3.05) is 29.9 Å². The fourth-order valence-corrected chi connectivity index (χ4v) is 3.41. The van der Waals surface area contributed by atoms with Gasteiger partial charge in [-0.05, 0) is 56.9 Å². The number of ether oxygens (including phenoxy) is 1. The van der Waals surface area contributed by atoms with Gasteiger partial charge < -0.3 is 19.9 Å². The number of rotatable bonds is 9. The van der Waals surface area contributed by atoms with Crippen LogP contribution in [0, 0.1) is 20.8 Å². The average Bonchev–Trinajstić information content (AvgIpc) is 3.43. The molecule has 2 N–H and O–H groups in total. The largest absolute Gasteiger partial charge is 0.376 e. The second kappa shape index (κ2) is 10.9. The van der Waals surface area contributed by atoms with Gasteiger partial charge in [0.25, 0.3) is 0 Å². The summed E-state index contributed by atoms with van der Waals surface area (Å²) in [5.74, 6) is -0.227. The Morgan fingerprint density at radius 3 is 2.56 bits per heavy atom. The number of hydrogen-bond acceptors (Lipinski definition) is 6. The minimum absolute atomic E-state index is 0.00602. The van der Waals surface area contributed by atoms with Crippen molar-refractivity contribution in [3.05, 3.63) is 41.2 Å². The van der Waals surface area contributed by atoms with Crippen molar-refractivity contribution < 1.29 is 23.6 Å². The van der Waals surface area contributed by atoms with Crippen molar-refractivity contribution in [2.24, 2.45) is 0 Å². The van der Waals surface area contributed by atoms with E-state index in [2.05, 4.69) is 15.8 Å². The molecule has 9 heteroatoms. The van der Waals surface area contributed by atoms with Gasteiger partial charge in [0.05, 0.1) is 6.10 Å². The lowest BCUT2D eigenvalue weighted by atomic mass is 10.1. The molecule has 0 bridgehead atoms. The maximum absolute atomic E-state index is 12.9. The van der Waals surface area contributed by atoms with Crippen LogP contribution in [0.3, 0.4) is 0 Å². The summed E-state index contributed by atoms with van der Waals surface area (Å²) in [4.78, 5) is 38.9.